The Morgan fingerprint density at radius 3 is 1.84 bits per heavy atom. The fourth-order valence-electron chi connectivity index (χ4n) is 5.06. The number of carbonyl (C=O) groups excluding carboxylic acids is 3. The van der Waals surface area contributed by atoms with Crippen LogP contribution >= 0.6 is 0 Å². The number of anilines is 1. The van der Waals surface area contributed by atoms with E-state index in [1.165, 1.54) is 0 Å². The second kappa shape index (κ2) is 9.30. The Morgan fingerprint density at radius 1 is 0.812 bits per heavy atom. The Bertz CT molecular complexity index is 883. The number of carboxylic acids is 1. The minimum atomic E-state index is -0.782. The van der Waals surface area contributed by atoms with Crippen LogP contribution in [-0.2, 0) is 19.2 Å². The summed E-state index contributed by atoms with van der Waals surface area (Å²) in [5, 5.41) is 9.13. The van der Waals surface area contributed by atoms with E-state index in [2.05, 4.69) is 0 Å². The van der Waals surface area contributed by atoms with Crippen molar-refractivity contribution >= 4 is 29.4 Å². The normalized spacial score (nSPS) is 23.0. The summed E-state index contributed by atoms with van der Waals surface area (Å²) in [7, 11) is 0. The van der Waals surface area contributed by atoms with Crippen molar-refractivity contribution < 1.29 is 24.3 Å². The van der Waals surface area contributed by atoms with Crippen molar-refractivity contribution in [3.05, 3.63) is 29.8 Å². The van der Waals surface area contributed by atoms with Crippen LogP contribution < -0.4 is 4.90 Å². The second-order valence-corrected chi connectivity index (χ2v) is 9.28. The van der Waals surface area contributed by atoms with Crippen molar-refractivity contribution in [1.82, 2.24) is 9.80 Å². The molecule has 3 aliphatic rings. The van der Waals surface area contributed by atoms with Crippen molar-refractivity contribution in [3.63, 3.8) is 0 Å². The monoisotopic (exact) mass is 441 g/mol. The molecule has 8 nitrogen and oxygen atoms in total. The minimum absolute atomic E-state index is 0.00105. The lowest BCUT2D eigenvalue weighted by molar-refractivity contribution is -0.147. The first-order valence-corrected chi connectivity index (χ1v) is 11.5. The van der Waals surface area contributed by atoms with Gasteiger partial charge in [-0.05, 0) is 44.7 Å². The average Bonchev–Trinajstić information content (AvgIpc) is 3.20. The molecule has 0 radical (unpaired) electrons. The van der Waals surface area contributed by atoms with E-state index < -0.39 is 5.97 Å². The van der Waals surface area contributed by atoms with E-state index in [0.717, 1.165) is 11.3 Å². The Kier molecular flexibility index (Phi) is 6.48. The van der Waals surface area contributed by atoms with Crippen molar-refractivity contribution in [3.8, 4) is 0 Å². The molecule has 3 saturated heterocycles. The summed E-state index contributed by atoms with van der Waals surface area (Å²) < 4.78 is 0. The maximum absolute atomic E-state index is 13.1. The molecule has 0 aromatic heterocycles. The Morgan fingerprint density at radius 2 is 1.31 bits per heavy atom. The Balaban J connectivity index is 1.27. The molecular formula is C24H31N3O5. The molecule has 1 aromatic carbocycles. The summed E-state index contributed by atoms with van der Waals surface area (Å²) in [6.45, 7) is 4.43. The molecule has 1 aromatic rings. The van der Waals surface area contributed by atoms with Crippen LogP contribution in [0, 0.1) is 24.7 Å². The molecule has 8 heteroatoms. The van der Waals surface area contributed by atoms with Crippen molar-refractivity contribution in [2.75, 3.05) is 37.6 Å². The van der Waals surface area contributed by atoms with E-state index in [1.807, 2.05) is 31.2 Å². The highest BCUT2D eigenvalue weighted by atomic mass is 16.4. The third-order valence-electron chi connectivity index (χ3n) is 7.13. The number of carbonyl (C=O) groups is 4. The fourth-order valence-corrected chi connectivity index (χ4v) is 5.06. The number of aryl methyl sites for hydroxylation is 1. The minimum Gasteiger partial charge on any atom is -0.481 e. The molecular weight excluding hydrogens is 410 g/mol. The molecule has 0 saturated carbocycles. The van der Waals surface area contributed by atoms with Gasteiger partial charge in [0, 0.05) is 50.7 Å². The first-order chi connectivity index (χ1) is 15.3. The number of piperidine rings is 2. The topological polar surface area (TPSA) is 98.2 Å². The van der Waals surface area contributed by atoms with Crippen LogP contribution in [0.4, 0.5) is 5.69 Å². The van der Waals surface area contributed by atoms with Crippen molar-refractivity contribution in [2.24, 2.45) is 17.8 Å². The number of benzene rings is 1. The van der Waals surface area contributed by atoms with Crippen molar-refractivity contribution in [1.29, 1.82) is 0 Å². The summed E-state index contributed by atoms with van der Waals surface area (Å²) in [5.41, 5.74) is 1.95. The smallest absolute Gasteiger partial charge is 0.306 e. The van der Waals surface area contributed by atoms with E-state index in [1.54, 1.807) is 14.7 Å². The molecule has 1 unspecified atom stereocenters. The highest BCUT2D eigenvalue weighted by molar-refractivity contribution is 6.00. The molecule has 3 aliphatic heterocycles. The zero-order chi connectivity index (χ0) is 22.8. The standard InChI is InChI=1S/C24H31N3O5/c1-16-2-4-20(5-3-16)27-15-19(14-21(27)28)23(30)26-10-6-17(7-11-26)22(29)25-12-8-18(9-13-25)24(31)32/h2-5,17-19H,6-15H2,1H3,(H,31,32). The van der Waals surface area contributed by atoms with Gasteiger partial charge in [-0.2, -0.15) is 0 Å². The number of nitrogens with zero attached hydrogens (tertiary/aromatic N) is 3. The van der Waals surface area contributed by atoms with Gasteiger partial charge in [0.15, 0.2) is 0 Å². The van der Waals surface area contributed by atoms with E-state index in [0.29, 0.717) is 58.4 Å². The van der Waals surface area contributed by atoms with E-state index in [4.69, 9.17) is 5.11 Å². The zero-order valence-corrected chi connectivity index (χ0v) is 18.5. The number of likely N-dealkylation sites (tertiary alicyclic amines) is 2. The van der Waals surface area contributed by atoms with Gasteiger partial charge < -0.3 is 19.8 Å². The number of hydrogen-bond donors (Lipinski definition) is 1. The van der Waals surface area contributed by atoms with E-state index in [-0.39, 0.29) is 41.9 Å². The van der Waals surface area contributed by atoms with Crippen LogP contribution in [0.2, 0.25) is 0 Å². The van der Waals surface area contributed by atoms with Gasteiger partial charge in [0.2, 0.25) is 17.7 Å². The summed E-state index contributed by atoms with van der Waals surface area (Å²) in [5.74, 6) is -1.53. The number of aliphatic carboxylic acids is 1. The molecule has 32 heavy (non-hydrogen) atoms. The highest BCUT2D eigenvalue weighted by Gasteiger charge is 2.39. The van der Waals surface area contributed by atoms with Crippen LogP contribution in [0.25, 0.3) is 0 Å². The fraction of sp³-hybridized carbons (Fsp3) is 0.583. The molecule has 1 atom stereocenters. The van der Waals surface area contributed by atoms with Crippen LogP contribution in [0.5, 0.6) is 0 Å². The maximum atomic E-state index is 13.1. The lowest BCUT2D eigenvalue weighted by Gasteiger charge is -2.37. The van der Waals surface area contributed by atoms with Crippen molar-refractivity contribution in [2.45, 2.75) is 39.0 Å². The highest BCUT2D eigenvalue weighted by Crippen LogP contribution is 2.29. The third kappa shape index (κ3) is 4.64. The summed E-state index contributed by atoms with van der Waals surface area (Å²) >= 11 is 0. The lowest BCUT2D eigenvalue weighted by atomic mass is 9.91. The van der Waals surface area contributed by atoms with Crippen LogP contribution in [0.3, 0.4) is 0 Å². The molecule has 0 spiro atoms. The molecule has 0 aliphatic carbocycles. The third-order valence-corrected chi connectivity index (χ3v) is 7.13. The molecule has 1 N–H and O–H groups in total. The van der Waals surface area contributed by atoms with Gasteiger partial charge in [-0.1, -0.05) is 17.7 Å². The van der Waals surface area contributed by atoms with Crippen LogP contribution in [0.1, 0.15) is 37.7 Å². The zero-order valence-electron chi connectivity index (χ0n) is 18.5. The quantitative estimate of drug-likeness (QED) is 0.770. The maximum Gasteiger partial charge on any atom is 0.306 e. The first-order valence-electron chi connectivity index (χ1n) is 11.5. The number of carboxylic acid groups (broad SMARTS) is 1. The van der Waals surface area contributed by atoms with Crippen LogP contribution in [-0.4, -0.2) is 71.3 Å². The molecule has 3 fully saturated rings. The van der Waals surface area contributed by atoms with Gasteiger partial charge >= 0.3 is 5.97 Å². The predicted octanol–water partition coefficient (Wildman–Crippen LogP) is 1.91. The van der Waals surface area contributed by atoms with Gasteiger partial charge in [0.1, 0.15) is 0 Å². The average molecular weight is 442 g/mol. The molecule has 3 heterocycles. The second-order valence-electron chi connectivity index (χ2n) is 9.28. The molecule has 4 rings (SSSR count). The van der Waals surface area contributed by atoms with E-state index in [9.17, 15) is 19.2 Å². The van der Waals surface area contributed by atoms with E-state index >= 15 is 0 Å². The summed E-state index contributed by atoms with van der Waals surface area (Å²) in [6, 6.07) is 7.75. The largest absolute Gasteiger partial charge is 0.481 e. The Labute approximate surface area is 188 Å². The SMILES string of the molecule is Cc1ccc(N2CC(C(=O)N3CCC(C(=O)N4CCC(C(=O)O)CC4)CC3)CC2=O)cc1. The number of rotatable bonds is 4. The summed E-state index contributed by atoms with van der Waals surface area (Å²) in [6.07, 6.45) is 2.47. The van der Waals surface area contributed by atoms with Gasteiger partial charge in [-0.25, -0.2) is 0 Å². The number of amides is 3. The summed E-state index contributed by atoms with van der Waals surface area (Å²) in [4.78, 5) is 54.8. The van der Waals surface area contributed by atoms with Crippen LogP contribution in [0.15, 0.2) is 24.3 Å². The molecule has 0 bridgehead atoms. The lowest BCUT2D eigenvalue weighted by Crippen LogP contribution is -2.48. The van der Waals surface area contributed by atoms with Gasteiger partial charge in [0.25, 0.3) is 0 Å². The predicted molar refractivity (Wildman–Crippen MR) is 118 cm³/mol. The number of hydrogen-bond acceptors (Lipinski definition) is 4. The molecule has 172 valence electrons. The Hall–Kier alpha value is -2.90. The van der Waals surface area contributed by atoms with Gasteiger partial charge in [-0.15, -0.1) is 0 Å². The van der Waals surface area contributed by atoms with Gasteiger partial charge in [-0.3, -0.25) is 19.2 Å². The molecule has 3 amide bonds. The first kappa shape index (κ1) is 22.3. The van der Waals surface area contributed by atoms with Gasteiger partial charge in [0.05, 0.1) is 11.8 Å².